The van der Waals surface area contributed by atoms with Crippen molar-refractivity contribution in [2.24, 2.45) is 0 Å². The third-order valence-electron chi connectivity index (χ3n) is 1.96. The summed E-state index contributed by atoms with van der Waals surface area (Å²) in [7, 11) is 0. The lowest BCUT2D eigenvalue weighted by molar-refractivity contribution is -0.384. The van der Waals surface area contributed by atoms with E-state index in [1.54, 1.807) is 18.2 Å². The van der Waals surface area contributed by atoms with E-state index >= 15 is 0 Å². The lowest BCUT2D eigenvalue weighted by Gasteiger charge is -1.99. The molecule has 0 aliphatic heterocycles. The van der Waals surface area contributed by atoms with Crippen LogP contribution in [0.25, 0.3) is 6.08 Å². The molecule has 0 unspecified atom stereocenters. The maximum absolute atomic E-state index is 10.7. The monoisotopic (exact) mass is 252 g/mol. The molecule has 0 atom stereocenters. The number of rotatable bonds is 4. The van der Waals surface area contributed by atoms with Crippen molar-refractivity contribution >= 4 is 34.3 Å². The molecular formula is C11H12N2O3S. The Kier molecular flexibility index (Phi) is 4.71. The van der Waals surface area contributed by atoms with Crippen LogP contribution in [0.5, 0.6) is 0 Å². The van der Waals surface area contributed by atoms with Crippen molar-refractivity contribution in [2.75, 3.05) is 11.5 Å². The zero-order chi connectivity index (χ0) is 12.8. The minimum absolute atomic E-state index is 0.0299. The number of benzene rings is 1. The van der Waals surface area contributed by atoms with Crippen LogP contribution in [0.1, 0.15) is 12.5 Å². The van der Waals surface area contributed by atoms with Gasteiger partial charge in [0.15, 0.2) is 5.12 Å². The number of thioether (sulfide) groups is 1. The molecule has 0 heterocycles. The number of hydrogen-bond acceptors (Lipinski definition) is 5. The molecule has 0 saturated carbocycles. The van der Waals surface area contributed by atoms with Gasteiger partial charge in [0.2, 0.25) is 0 Å². The number of nitrogen functional groups attached to an aromatic ring is 1. The Morgan fingerprint density at radius 3 is 2.82 bits per heavy atom. The van der Waals surface area contributed by atoms with Gasteiger partial charge in [-0.1, -0.05) is 23.9 Å². The van der Waals surface area contributed by atoms with Crippen LogP contribution in [0.15, 0.2) is 24.3 Å². The van der Waals surface area contributed by atoms with E-state index < -0.39 is 4.92 Å². The molecule has 1 aromatic rings. The molecule has 17 heavy (non-hydrogen) atoms. The zero-order valence-corrected chi connectivity index (χ0v) is 10.1. The van der Waals surface area contributed by atoms with E-state index in [0.29, 0.717) is 17.0 Å². The predicted octanol–water partition coefficient (Wildman–Crippen LogP) is 2.47. The van der Waals surface area contributed by atoms with Crippen LogP contribution in [0.2, 0.25) is 0 Å². The molecule has 0 fully saturated rings. The molecule has 0 bridgehead atoms. The number of nitrogens with zero attached hydrogens (tertiary/aromatic N) is 1. The first kappa shape index (κ1) is 13.2. The van der Waals surface area contributed by atoms with Crippen LogP contribution in [-0.4, -0.2) is 15.8 Å². The first-order valence-corrected chi connectivity index (χ1v) is 5.83. The molecular weight excluding hydrogens is 240 g/mol. The number of carbonyl (C=O) groups excluding carboxylic acids is 1. The van der Waals surface area contributed by atoms with E-state index in [-0.39, 0.29) is 10.8 Å². The average molecular weight is 252 g/mol. The largest absolute Gasteiger partial charge is 0.398 e. The summed E-state index contributed by atoms with van der Waals surface area (Å²) >= 11 is 1.19. The van der Waals surface area contributed by atoms with Crippen molar-refractivity contribution in [3.63, 3.8) is 0 Å². The Morgan fingerprint density at radius 2 is 2.29 bits per heavy atom. The van der Waals surface area contributed by atoms with E-state index in [1.807, 2.05) is 0 Å². The summed E-state index contributed by atoms with van der Waals surface area (Å²) in [5, 5.41) is 10.5. The summed E-state index contributed by atoms with van der Waals surface area (Å²) in [6, 6.07) is 4.30. The van der Waals surface area contributed by atoms with E-state index in [4.69, 9.17) is 5.73 Å². The van der Waals surface area contributed by atoms with Gasteiger partial charge in [-0.2, -0.15) is 0 Å². The van der Waals surface area contributed by atoms with Crippen LogP contribution >= 0.6 is 11.8 Å². The highest BCUT2D eigenvalue weighted by Crippen LogP contribution is 2.21. The Balaban J connectivity index is 2.72. The highest BCUT2D eigenvalue weighted by atomic mass is 32.2. The predicted molar refractivity (Wildman–Crippen MR) is 69.7 cm³/mol. The van der Waals surface area contributed by atoms with E-state index in [9.17, 15) is 14.9 Å². The number of carbonyl (C=O) groups is 1. The van der Waals surface area contributed by atoms with E-state index in [0.717, 1.165) is 0 Å². The van der Waals surface area contributed by atoms with Gasteiger partial charge in [-0.15, -0.1) is 0 Å². The Bertz CT molecular complexity index is 472. The van der Waals surface area contributed by atoms with E-state index in [1.165, 1.54) is 30.8 Å². The molecule has 0 saturated heterocycles. The molecule has 90 valence electrons. The van der Waals surface area contributed by atoms with Crippen molar-refractivity contribution in [2.45, 2.75) is 6.92 Å². The highest BCUT2D eigenvalue weighted by Gasteiger charge is 2.06. The highest BCUT2D eigenvalue weighted by molar-refractivity contribution is 8.13. The van der Waals surface area contributed by atoms with Crippen LogP contribution < -0.4 is 5.73 Å². The fourth-order valence-corrected chi connectivity index (χ4v) is 1.60. The van der Waals surface area contributed by atoms with Gasteiger partial charge in [-0.25, -0.2) is 0 Å². The molecule has 0 spiro atoms. The third kappa shape index (κ3) is 4.28. The summed E-state index contributed by atoms with van der Waals surface area (Å²) in [5.74, 6) is 0.561. The van der Waals surface area contributed by atoms with Gasteiger partial charge >= 0.3 is 0 Å². The van der Waals surface area contributed by atoms with Crippen molar-refractivity contribution in [1.29, 1.82) is 0 Å². The van der Waals surface area contributed by atoms with E-state index in [2.05, 4.69) is 0 Å². The van der Waals surface area contributed by atoms with Gasteiger partial charge in [-0.3, -0.25) is 14.9 Å². The van der Waals surface area contributed by atoms with Gasteiger partial charge in [0.25, 0.3) is 5.69 Å². The van der Waals surface area contributed by atoms with Gasteiger partial charge in [0, 0.05) is 30.5 Å². The number of non-ortho nitro benzene ring substituents is 1. The summed E-state index contributed by atoms with van der Waals surface area (Å²) < 4.78 is 0. The second-order valence-corrected chi connectivity index (χ2v) is 4.47. The average Bonchev–Trinajstić information content (AvgIpc) is 2.25. The fraction of sp³-hybridized carbons (Fsp3) is 0.182. The maximum Gasteiger partial charge on any atom is 0.271 e. The lowest BCUT2D eigenvalue weighted by atomic mass is 10.1. The van der Waals surface area contributed by atoms with Gasteiger partial charge < -0.3 is 5.73 Å². The maximum atomic E-state index is 10.7. The summed E-state index contributed by atoms with van der Waals surface area (Å²) in [4.78, 5) is 20.7. The molecule has 0 aliphatic rings. The normalized spacial score (nSPS) is 10.6. The molecule has 0 amide bonds. The Morgan fingerprint density at radius 1 is 1.59 bits per heavy atom. The summed E-state index contributed by atoms with van der Waals surface area (Å²) in [6.07, 6.45) is 3.54. The van der Waals surface area contributed by atoms with Crippen molar-refractivity contribution in [3.8, 4) is 0 Å². The minimum Gasteiger partial charge on any atom is -0.398 e. The van der Waals surface area contributed by atoms with Gasteiger partial charge in [-0.05, 0) is 11.6 Å². The second-order valence-electron chi connectivity index (χ2n) is 3.28. The first-order chi connectivity index (χ1) is 8.00. The minimum atomic E-state index is -0.491. The standard InChI is InChI=1S/C11H12N2O3S/c1-8(14)17-6-2-3-9-4-5-10(13(15)16)7-11(9)12/h2-5,7H,6,12H2,1H3. The van der Waals surface area contributed by atoms with Crippen molar-refractivity contribution in [3.05, 3.63) is 40.0 Å². The smallest absolute Gasteiger partial charge is 0.271 e. The van der Waals surface area contributed by atoms with Crippen LogP contribution in [0, 0.1) is 10.1 Å². The molecule has 5 nitrogen and oxygen atoms in total. The van der Waals surface area contributed by atoms with Crippen molar-refractivity contribution < 1.29 is 9.72 Å². The number of nitro benzene ring substituents is 1. The van der Waals surface area contributed by atoms with Crippen molar-refractivity contribution in [1.82, 2.24) is 0 Å². The lowest BCUT2D eigenvalue weighted by Crippen LogP contribution is -1.93. The number of nitrogens with two attached hydrogens (primary N) is 1. The van der Waals surface area contributed by atoms with Crippen LogP contribution in [0.4, 0.5) is 11.4 Å². The van der Waals surface area contributed by atoms with Crippen LogP contribution in [-0.2, 0) is 4.79 Å². The van der Waals surface area contributed by atoms with Gasteiger partial charge in [0.1, 0.15) is 0 Å². The molecule has 6 heteroatoms. The second kappa shape index (κ2) is 6.05. The molecule has 1 aromatic carbocycles. The number of anilines is 1. The SMILES string of the molecule is CC(=O)SCC=Cc1ccc([N+](=O)[O-])cc1N. The quantitative estimate of drug-likeness (QED) is 0.505. The summed E-state index contributed by atoms with van der Waals surface area (Å²) in [6.45, 7) is 1.50. The molecule has 1 rings (SSSR count). The molecule has 0 aromatic heterocycles. The molecule has 2 N–H and O–H groups in total. The van der Waals surface area contributed by atoms with Gasteiger partial charge in [0.05, 0.1) is 4.92 Å². The molecule has 0 aliphatic carbocycles. The third-order valence-corrected chi connectivity index (χ3v) is 2.73. The first-order valence-electron chi connectivity index (χ1n) is 4.84. The number of nitro groups is 1. The number of hydrogen-bond donors (Lipinski definition) is 1. The fourth-order valence-electron chi connectivity index (χ4n) is 1.17. The topological polar surface area (TPSA) is 86.2 Å². The Hall–Kier alpha value is -1.82. The summed E-state index contributed by atoms with van der Waals surface area (Å²) in [5.41, 5.74) is 6.70. The van der Waals surface area contributed by atoms with Crippen LogP contribution in [0.3, 0.4) is 0 Å². The molecule has 0 radical (unpaired) electrons. The Labute approximate surface area is 103 Å². The zero-order valence-electron chi connectivity index (χ0n) is 9.25.